The molecule has 2 aromatic heterocycles. The molecule has 0 aliphatic rings. The van der Waals surface area contributed by atoms with Crippen LogP contribution in [0.3, 0.4) is 0 Å². The van der Waals surface area contributed by atoms with Crippen molar-refractivity contribution < 1.29 is 4.79 Å². The quantitative estimate of drug-likeness (QED) is 0.718. The number of aromatic nitrogens is 2. The number of aryl methyl sites for hydroxylation is 1. The number of hydrogen-bond acceptors (Lipinski definition) is 4. The van der Waals surface area contributed by atoms with Gasteiger partial charge >= 0.3 is 0 Å². The van der Waals surface area contributed by atoms with Gasteiger partial charge in [-0.2, -0.15) is 0 Å². The van der Waals surface area contributed by atoms with Crippen molar-refractivity contribution in [2.24, 2.45) is 0 Å². The second-order valence-electron chi connectivity index (χ2n) is 5.56. The van der Waals surface area contributed by atoms with Crippen molar-refractivity contribution in [1.29, 1.82) is 0 Å². The Hall–Kier alpha value is -2.92. The number of nitrogens with zero attached hydrogens (tertiary/aromatic N) is 2. The van der Waals surface area contributed by atoms with Crippen LogP contribution in [0.4, 0.5) is 11.5 Å². The van der Waals surface area contributed by atoms with Crippen molar-refractivity contribution in [2.45, 2.75) is 13.5 Å². The largest absolute Gasteiger partial charge is 0.366 e. The van der Waals surface area contributed by atoms with Crippen molar-refractivity contribution in [3.63, 3.8) is 0 Å². The molecule has 5 nitrogen and oxygen atoms in total. The standard InChI is InChI=1S/C19H17ClN4O/c1-13-4-5-16(10-17(13)20)24-19(25)15-6-8-22-18(9-15)23-12-14-3-2-7-21-11-14/h2-11H,12H2,1H3,(H,22,23)(H,24,25). The first kappa shape index (κ1) is 16.9. The lowest BCUT2D eigenvalue weighted by Gasteiger charge is -2.09. The highest BCUT2D eigenvalue weighted by Gasteiger charge is 2.08. The second-order valence-corrected chi connectivity index (χ2v) is 5.97. The maximum Gasteiger partial charge on any atom is 0.255 e. The van der Waals surface area contributed by atoms with Gasteiger partial charge in [0.1, 0.15) is 5.82 Å². The first-order chi connectivity index (χ1) is 12.1. The summed E-state index contributed by atoms with van der Waals surface area (Å²) in [5.41, 5.74) is 3.17. The Morgan fingerprint density at radius 1 is 1.16 bits per heavy atom. The molecule has 1 aromatic carbocycles. The number of hydrogen-bond donors (Lipinski definition) is 2. The van der Waals surface area contributed by atoms with E-state index in [1.165, 1.54) is 0 Å². The summed E-state index contributed by atoms with van der Waals surface area (Å²) in [6.45, 7) is 2.50. The van der Waals surface area contributed by atoms with Crippen LogP contribution in [0.1, 0.15) is 21.5 Å². The molecule has 0 atom stereocenters. The summed E-state index contributed by atoms with van der Waals surface area (Å²) in [6, 6.07) is 12.6. The molecule has 0 aliphatic carbocycles. The van der Waals surface area contributed by atoms with E-state index < -0.39 is 0 Å². The first-order valence-corrected chi connectivity index (χ1v) is 8.16. The van der Waals surface area contributed by atoms with Gasteiger partial charge in [0.25, 0.3) is 5.91 Å². The number of rotatable bonds is 5. The summed E-state index contributed by atoms with van der Waals surface area (Å²) in [6.07, 6.45) is 5.11. The Bertz CT molecular complexity index is 884. The fraction of sp³-hybridized carbons (Fsp3) is 0.105. The average molecular weight is 353 g/mol. The highest BCUT2D eigenvalue weighted by molar-refractivity contribution is 6.31. The number of pyridine rings is 2. The van der Waals surface area contributed by atoms with Crippen LogP contribution < -0.4 is 10.6 Å². The molecule has 3 rings (SSSR count). The van der Waals surface area contributed by atoms with Crippen LogP contribution in [0.2, 0.25) is 5.02 Å². The van der Waals surface area contributed by atoms with E-state index >= 15 is 0 Å². The molecule has 0 bridgehead atoms. The molecular weight excluding hydrogens is 336 g/mol. The van der Waals surface area contributed by atoms with Gasteiger partial charge in [0.15, 0.2) is 0 Å². The van der Waals surface area contributed by atoms with Crippen LogP contribution >= 0.6 is 11.6 Å². The third-order valence-electron chi connectivity index (χ3n) is 3.65. The molecule has 25 heavy (non-hydrogen) atoms. The summed E-state index contributed by atoms with van der Waals surface area (Å²) in [4.78, 5) is 20.7. The zero-order valence-corrected chi connectivity index (χ0v) is 14.4. The third-order valence-corrected chi connectivity index (χ3v) is 4.06. The van der Waals surface area contributed by atoms with Gasteiger partial charge in [-0.3, -0.25) is 9.78 Å². The lowest BCUT2D eigenvalue weighted by atomic mass is 10.2. The highest BCUT2D eigenvalue weighted by Crippen LogP contribution is 2.20. The number of halogens is 1. The molecule has 0 spiro atoms. The maximum absolute atomic E-state index is 12.4. The molecule has 6 heteroatoms. The van der Waals surface area contributed by atoms with E-state index in [1.54, 1.807) is 36.8 Å². The van der Waals surface area contributed by atoms with E-state index in [2.05, 4.69) is 20.6 Å². The molecule has 2 heterocycles. The minimum atomic E-state index is -0.216. The maximum atomic E-state index is 12.4. The highest BCUT2D eigenvalue weighted by atomic mass is 35.5. The lowest BCUT2D eigenvalue weighted by molar-refractivity contribution is 0.102. The Labute approximate surface area is 151 Å². The molecule has 0 saturated carbocycles. The molecule has 0 radical (unpaired) electrons. The Morgan fingerprint density at radius 3 is 2.80 bits per heavy atom. The topological polar surface area (TPSA) is 66.9 Å². The zero-order valence-electron chi connectivity index (χ0n) is 13.7. The molecule has 0 saturated heterocycles. The normalized spacial score (nSPS) is 10.3. The minimum Gasteiger partial charge on any atom is -0.366 e. The van der Waals surface area contributed by atoms with Gasteiger partial charge in [-0.25, -0.2) is 4.98 Å². The van der Waals surface area contributed by atoms with Crippen molar-refractivity contribution in [3.8, 4) is 0 Å². The van der Waals surface area contributed by atoms with Gasteiger partial charge < -0.3 is 10.6 Å². The molecule has 0 fully saturated rings. The minimum absolute atomic E-state index is 0.216. The number of carbonyl (C=O) groups excluding carboxylic acids is 1. The summed E-state index contributed by atoms with van der Waals surface area (Å²) in [5.74, 6) is 0.408. The van der Waals surface area contributed by atoms with E-state index in [9.17, 15) is 4.79 Å². The van der Waals surface area contributed by atoms with Gasteiger partial charge in [-0.05, 0) is 48.4 Å². The number of benzene rings is 1. The Kier molecular flexibility index (Phi) is 5.26. The number of carbonyl (C=O) groups is 1. The molecular formula is C19H17ClN4O. The van der Waals surface area contributed by atoms with Crippen molar-refractivity contribution >= 4 is 29.0 Å². The van der Waals surface area contributed by atoms with Crippen LogP contribution in [0.5, 0.6) is 0 Å². The fourth-order valence-corrected chi connectivity index (χ4v) is 2.42. The Morgan fingerprint density at radius 2 is 2.04 bits per heavy atom. The fourth-order valence-electron chi connectivity index (χ4n) is 2.24. The van der Waals surface area contributed by atoms with Crippen LogP contribution in [0.25, 0.3) is 0 Å². The van der Waals surface area contributed by atoms with E-state index in [4.69, 9.17) is 11.6 Å². The van der Waals surface area contributed by atoms with Gasteiger partial charge in [0.2, 0.25) is 0 Å². The Balaban J connectivity index is 1.67. The van der Waals surface area contributed by atoms with E-state index in [0.29, 0.717) is 28.6 Å². The van der Waals surface area contributed by atoms with Gasteiger partial charge in [0, 0.05) is 41.4 Å². The summed E-state index contributed by atoms with van der Waals surface area (Å²) >= 11 is 6.09. The predicted molar refractivity (Wildman–Crippen MR) is 99.9 cm³/mol. The first-order valence-electron chi connectivity index (χ1n) is 7.78. The van der Waals surface area contributed by atoms with Gasteiger partial charge in [-0.1, -0.05) is 23.7 Å². The summed E-state index contributed by atoms with van der Waals surface area (Å²) in [7, 11) is 0. The number of nitrogens with one attached hydrogen (secondary N) is 2. The molecule has 3 aromatic rings. The molecule has 2 N–H and O–H groups in total. The number of anilines is 2. The lowest BCUT2D eigenvalue weighted by Crippen LogP contribution is -2.13. The zero-order chi connectivity index (χ0) is 17.6. The average Bonchev–Trinajstić information content (AvgIpc) is 2.64. The van der Waals surface area contributed by atoms with Crippen molar-refractivity contribution in [1.82, 2.24) is 9.97 Å². The van der Waals surface area contributed by atoms with Crippen molar-refractivity contribution in [2.75, 3.05) is 10.6 Å². The monoisotopic (exact) mass is 352 g/mol. The van der Waals surface area contributed by atoms with E-state index in [-0.39, 0.29) is 5.91 Å². The molecule has 0 unspecified atom stereocenters. The van der Waals surface area contributed by atoms with Crippen LogP contribution in [0.15, 0.2) is 61.1 Å². The summed E-state index contributed by atoms with van der Waals surface area (Å²) in [5, 5.41) is 6.64. The van der Waals surface area contributed by atoms with Gasteiger partial charge in [-0.15, -0.1) is 0 Å². The van der Waals surface area contributed by atoms with Gasteiger partial charge in [0.05, 0.1) is 0 Å². The van der Waals surface area contributed by atoms with E-state index in [1.807, 2.05) is 31.2 Å². The SMILES string of the molecule is Cc1ccc(NC(=O)c2ccnc(NCc3cccnc3)c2)cc1Cl. The third kappa shape index (κ3) is 4.55. The van der Waals surface area contributed by atoms with Crippen LogP contribution in [-0.4, -0.2) is 15.9 Å². The smallest absolute Gasteiger partial charge is 0.255 e. The van der Waals surface area contributed by atoms with E-state index in [0.717, 1.165) is 11.1 Å². The van der Waals surface area contributed by atoms with Crippen LogP contribution in [0, 0.1) is 6.92 Å². The second kappa shape index (κ2) is 7.77. The van der Waals surface area contributed by atoms with Crippen molar-refractivity contribution in [3.05, 3.63) is 82.8 Å². The molecule has 0 aliphatic heterocycles. The molecule has 1 amide bonds. The number of amides is 1. The van der Waals surface area contributed by atoms with Crippen LogP contribution in [-0.2, 0) is 6.54 Å². The predicted octanol–water partition coefficient (Wildman–Crippen LogP) is 4.30. The summed E-state index contributed by atoms with van der Waals surface area (Å²) < 4.78 is 0. The molecule has 126 valence electrons.